The molecule has 0 saturated heterocycles. The SMILES string of the molecule is CC(=O)OC1CC(C)Oc2ccccc21. The highest BCUT2D eigenvalue weighted by Crippen LogP contribution is 2.36. The van der Waals surface area contributed by atoms with Crippen molar-refractivity contribution in [3.8, 4) is 5.75 Å². The molecule has 1 aliphatic heterocycles. The van der Waals surface area contributed by atoms with Gasteiger partial charge >= 0.3 is 5.97 Å². The van der Waals surface area contributed by atoms with E-state index in [1.54, 1.807) is 0 Å². The summed E-state index contributed by atoms with van der Waals surface area (Å²) in [5.74, 6) is 0.575. The minimum absolute atomic E-state index is 0.0873. The molecule has 1 aliphatic rings. The molecule has 2 atom stereocenters. The molecule has 0 amide bonds. The predicted octanol–water partition coefficient (Wildman–Crippen LogP) is 2.46. The van der Waals surface area contributed by atoms with Crippen molar-refractivity contribution >= 4 is 5.97 Å². The zero-order chi connectivity index (χ0) is 10.8. The van der Waals surface area contributed by atoms with E-state index in [-0.39, 0.29) is 18.2 Å². The summed E-state index contributed by atoms with van der Waals surface area (Å²) in [6, 6.07) is 7.69. The Hall–Kier alpha value is -1.51. The van der Waals surface area contributed by atoms with Crippen molar-refractivity contribution < 1.29 is 14.3 Å². The summed E-state index contributed by atoms with van der Waals surface area (Å²) in [5.41, 5.74) is 0.964. The second-order valence-corrected chi connectivity index (χ2v) is 3.80. The van der Waals surface area contributed by atoms with Crippen LogP contribution in [-0.2, 0) is 9.53 Å². The second kappa shape index (κ2) is 3.93. The van der Waals surface area contributed by atoms with Crippen LogP contribution >= 0.6 is 0 Å². The zero-order valence-electron chi connectivity index (χ0n) is 8.90. The molecule has 0 saturated carbocycles. The minimum Gasteiger partial charge on any atom is -0.490 e. The van der Waals surface area contributed by atoms with E-state index in [0.29, 0.717) is 0 Å². The molecule has 2 unspecified atom stereocenters. The topological polar surface area (TPSA) is 35.5 Å². The molecule has 3 heteroatoms. The van der Waals surface area contributed by atoms with Crippen molar-refractivity contribution in [3.63, 3.8) is 0 Å². The maximum Gasteiger partial charge on any atom is 0.303 e. The average molecular weight is 206 g/mol. The van der Waals surface area contributed by atoms with Crippen LogP contribution < -0.4 is 4.74 Å². The first kappa shape index (κ1) is 10.0. The van der Waals surface area contributed by atoms with Gasteiger partial charge < -0.3 is 9.47 Å². The number of para-hydroxylation sites is 1. The lowest BCUT2D eigenvalue weighted by Gasteiger charge is -2.29. The molecule has 0 radical (unpaired) electrons. The van der Waals surface area contributed by atoms with Crippen molar-refractivity contribution in [2.75, 3.05) is 0 Å². The third-order valence-corrected chi connectivity index (χ3v) is 2.45. The first-order valence-electron chi connectivity index (χ1n) is 5.09. The second-order valence-electron chi connectivity index (χ2n) is 3.80. The van der Waals surface area contributed by atoms with E-state index < -0.39 is 0 Å². The number of benzene rings is 1. The van der Waals surface area contributed by atoms with Gasteiger partial charge in [-0.25, -0.2) is 0 Å². The molecule has 3 nitrogen and oxygen atoms in total. The highest BCUT2D eigenvalue weighted by Gasteiger charge is 2.27. The average Bonchev–Trinajstić information content (AvgIpc) is 2.16. The summed E-state index contributed by atoms with van der Waals surface area (Å²) in [5, 5.41) is 0. The number of esters is 1. The van der Waals surface area contributed by atoms with Gasteiger partial charge in [-0.2, -0.15) is 0 Å². The molecule has 80 valence electrons. The summed E-state index contributed by atoms with van der Waals surface area (Å²) in [7, 11) is 0. The molecule has 0 aliphatic carbocycles. The molecular weight excluding hydrogens is 192 g/mol. The summed E-state index contributed by atoms with van der Waals surface area (Å²) in [4.78, 5) is 11.0. The van der Waals surface area contributed by atoms with Gasteiger partial charge in [-0.3, -0.25) is 4.79 Å². The Morgan fingerprint density at radius 3 is 2.93 bits per heavy atom. The third-order valence-electron chi connectivity index (χ3n) is 2.45. The molecule has 0 aromatic heterocycles. The van der Waals surface area contributed by atoms with Gasteiger partial charge in [-0.15, -0.1) is 0 Å². The van der Waals surface area contributed by atoms with E-state index >= 15 is 0 Å². The summed E-state index contributed by atoms with van der Waals surface area (Å²) in [6.45, 7) is 3.41. The largest absolute Gasteiger partial charge is 0.490 e. The lowest BCUT2D eigenvalue weighted by atomic mass is 10.00. The zero-order valence-corrected chi connectivity index (χ0v) is 8.90. The van der Waals surface area contributed by atoms with Crippen LogP contribution in [0.3, 0.4) is 0 Å². The Balaban J connectivity index is 2.29. The van der Waals surface area contributed by atoms with Crippen LogP contribution in [-0.4, -0.2) is 12.1 Å². The summed E-state index contributed by atoms with van der Waals surface area (Å²) >= 11 is 0. The molecule has 1 aromatic rings. The maximum absolute atomic E-state index is 11.0. The quantitative estimate of drug-likeness (QED) is 0.662. The molecular formula is C12H14O3. The Labute approximate surface area is 89.0 Å². The lowest BCUT2D eigenvalue weighted by molar-refractivity contribution is -0.148. The van der Waals surface area contributed by atoms with Gasteiger partial charge in [-0.1, -0.05) is 18.2 Å². The fraction of sp³-hybridized carbons (Fsp3) is 0.417. The highest BCUT2D eigenvalue weighted by atomic mass is 16.6. The van der Waals surface area contributed by atoms with E-state index in [1.807, 2.05) is 31.2 Å². The van der Waals surface area contributed by atoms with E-state index in [4.69, 9.17) is 9.47 Å². The summed E-state index contributed by atoms with van der Waals surface area (Å²) < 4.78 is 10.9. The molecule has 1 heterocycles. The van der Waals surface area contributed by atoms with E-state index in [9.17, 15) is 4.79 Å². The fourth-order valence-electron chi connectivity index (χ4n) is 1.86. The first-order chi connectivity index (χ1) is 7.16. The van der Waals surface area contributed by atoms with Crippen LogP contribution in [0.4, 0.5) is 0 Å². The Morgan fingerprint density at radius 2 is 2.20 bits per heavy atom. The van der Waals surface area contributed by atoms with Crippen LogP contribution in [0.1, 0.15) is 31.9 Å². The number of hydrogen-bond donors (Lipinski definition) is 0. The van der Waals surface area contributed by atoms with Gasteiger partial charge in [0.1, 0.15) is 11.9 Å². The number of ether oxygens (including phenoxy) is 2. The van der Waals surface area contributed by atoms with E-state index in [2.05, 4.69) is 0 Å². The molecule has 1 aromatic carbocycles. The van der Waals surface area contributed by atoms with Crippen molar-refractivity contribution in [2.24, 2.45) is 0 Å². The van der Waals surface area contributed by atoms with Crippen molar-refractivity contribution in [3.05, 3.63) is 29.8 Å². The minimum atomic E-state index is -0.246. The van der Waals surface area contributed by atoms with Crippen molar-refractivity contribution in [1.29, 1.82) is 0 Å². The van der Waals surface area contributed by atoms with Crippen LogP contribution in [0.5, 0.6) is 5.75 Å². The molecule has 0 N–H and O–H groups in total. The number of carbonyl (C=O) groups is 1. The number of hydrogen-bond acceptors (Lipinski definition) is 3. The normalized spacial score (nSPS) is 23.9. The van der Waals surface area contributed by atoms with Gasteiger partial charge in [0, 0.05) is 18.9 Å². The number of fused-ring (bicyclic) bond motifs is 1. The van der Waals surface area contributed by atoms with Crippen LogP contribution in [0.15, 0.2) is 24.3 Å². The highest BCUT2D eigenvalue weighted by molar-refractivity contribution is 5.66. The van der Waals surface area contributed by atoms with Crippen LogP contribution in [0.2, 0.25) is 0 Å². The molecule has 0 fully saturated rings. The van der Waals surface area contributed by atoms with Gasteiger partial charge in [0.15, 0.2) is 0 Å². The first-order valence-corrected chi connectivity index (χ1v) is 5.09. The van der Waals surface area contributed by atoms with Gasteiger partial charge in [-0.05, 0) is 13.0 Å². The molecule has 15 heavy (non-hydrogen) atoms. The fourth-order valence-corrected chi connectivity index (χ4v) is 1.86. The Bertz CT molecular complexity index is 373. The molecule has 0 spiro atoms. The van der Waals surface area contributed by atoms with Gasteiger partial charge in [0.25, 0.3) is 0 Å². The number of carbonyl (C=O) groups excluding carboxylic acids is 1. The monoisotopic (exact) mass is 206 g/mol. The lowest BCUT2D eigenvalue weighted by Crippen LogP contribution is -2.25. The summed E-state index contributed by atoms with van der Waals surface area (Å²) in [6.07, 6.45) is 0.642. The smallest absolute Gasteiger partial charge is 0.303 e. The van der Waals surface area contributed by atoms with Crippen molar-refractivity contribution in [2.45, 2.75) is 32.5 Å². The predicted molar refractivity (Wildman–Crippen MR) is 55.7 cm³/mol. The van der Waals surface area contributed by atoms with Crippen LogP contribution in [0.25, 0.3) is 0 Å². The van der Waals surface area contributed by atoms with Gasteiger partial charge in [0.05, 0.1) is 6.10 Å². The van der Waals surface area contributed by atoms with Crippen LogP contribution in [0, 0.1) is 0 Å². The maximum atomic E-state index is 11.0. The molecule has 0 bridgehead atoms. The molecule has 2 rings (SSSR count). The van der Waals surface area contributed by atoms with E-state index in [1.165, 1.54) is 6.92 Å². The number of rotatable bonds is 1. The van der Waals surface area contributed by atoms with Crippen molar-refractivity contribution in [1.82, 2.24) is 0 Å². The van der Waals surface area contributed by atoms with E-state index in [0.717, 1.165) is 17.7 Å². The van der Waals surface area contributed by atoms with Gasteiger partial charge in [0.2, 0.25) is 0 Å². The third kappa shape index (κ3) is 2.12. The Kier molecular flexibility index (Phi) is 2.62. The standard InChI is InChI=1S/C12H14O3/c1-8-7-12(15-9(2)13)10-5-3-4-6-11(10)14-8/h3-6,8,12H,7H2,1-2H3. The Morgan fingerprint density at radius 1 is 1.47 bits per heavy atom.